The Kier molecular flexibility index (Phi) is 4.67. The van der Waals surface area contributed by atoms with Crippen LogP contribution >= 0.6 is 0 Å². The number of nitrogens with one attached hydrogen (secondary N) is 2. The summed E-state index contributed by atoms with van der Waals surface area (Å²) in [4.78, 5) is 12.0. The van der Waals surface area contributed by atoms with Gasteiger partial charge in [0.05, 0.1) is 6.04 Å². The maximum Gasteiger partial charge on any atom is 0.237 e. The Bertz CT molecular complexity index is 487. The zero-order valence-electron chi connectivity index (χ0n) is 13.2. The van der Waals surface area contributed by atoms with Crippen molar-refractivity contribution in [3.05, 3.63) is 35.6 Å². The minimum atomic E-state index is -0.205. The standard InChI is InChI=1S/C17H25FN2O/c1-11(16(21)20-17(2,3)4)19-15-9-13(10-15)12-5-7-14(18)8-6-12/h5-8,11,13,15,19H,9-10H2,1-4H3,(H,20,21). The molecule has 0 radical (unpaired) electrons. The molecule has 21 heavy (non-hydrogen) atoms. The van der Waals surface area contributed by atoms with Gasteiger partial charge in [-0.25, -0.2) is 4.39 Å². The molecule has 1 saturated carbocycles. The lowest BCUT2D eigenvalue weighted by Crippen LogP contribution is -2.54. The second-order valence-electron chi connectivity index (χ2n) is 7.04. The molecule has 1 aliphatic rings. The molecule has 1 aromatic rings. The van der Waals surface area contributed by atoms with Gasteiger partial charge in [-0.2, -0.15) is 0 Å². The smallest absolute Gasteiger partial charge is 0.237 e. The van der Waals surface area contributed by atoms with Crippen LogP contribution in [0.5, 0.6) is 0 Å². The molecule has 1 unspecified atom stereocenters. The number of carbonyl (C=O) groups is 1. The van der Waals surface area contributed by atoms with Gasteiger partial charge < -0.3 is 10.6 Å². The predicted octanol–water partition coefficient (Wildman–Crippen LogP) is 2.96. The molecule has 3 nitrogen and oxygen atoms in total. The summed E-state index contributed by atoms with van der Waals surface area (Å²) in [6.07, 6.45) is 2.00. The molecule has 1 fully saturated rings. The second-order valence-corrected chi connectivity index (χ2v) is 7.04. The van der Waals surface area contributed by atoms with Crippen LogP contribution in [0.4, 0.5) is 4.39 Å². The largest absolute Gasteiger partial charge is 0.350 e. The molecular weight excluding hydrogens is 267 g/mol. The molecule has 2 rings (SSSR count). The molecule has 116 valence electrons. The van der Waals surface area contributed by atoms with Crippen LogP contribution in [0.25, 0.3) is 0 Å². The summed E-state index contributed by atoms with van der Waals surface area (Å²) in [5.41, 5.74) is 0.977. The fourth-order valence-electron chi connectivity index (χ4n) is 2.67. The third-order valence-electron chi connectivity index (χ3n) is 3.86. The average Bonchev–Trinajstić information content (AvgIpc) is 2.32. The highest BCUT2D eigenvalue weighted by atomic mass is 19.1. The number of hydrogen-bond donors (Lipinski definition) is 2. The van der Waals surface area contributed by atoms with Crippen molar-refractivity contribution in [2.24, 2.45) is 0 Å². The third kappa shape index (κ3) is 4.53. The van der Waals surface area contributed by atoms with E-state index in [2.05, 4.69) is 10.6 Å². The average molecular weight is 292 g/mol. The van der Waals surface area contributed by atoms with Crippen molar-refractivity contribution in [1.29, 1.82) is 0 Å². The number of benzene rings is 1. The third-order valence-corrected chi connectivity index (χ3v) is 3.86. The van der Waals surface area contributed by atoms with Gasteiger partial charge in [0.15, 0.2) is 0 Å². The van der Waals surface area contributed by atoms with Crippen LogP contribution in [0, 0.1) is 5.82 Å². The van der Waals surface area contributed by atoms with Crippen molar-refractivity contribution in [3.63, 3.8) is 0 Å². The Labute approximate surface area is 126 Å². The molecule has 0 aromatic heterocycles. The van der Waals surface area contributed by atoms with E-state index < -0.39 is 0 Å². The first kappa shape index (κ1) is 16.0. The van der Waals surface area contributed by atoms with Crippen LogP contribution in [-0.2, 0) is 4.79 Å². The van der Waals surface area contributed by atoms with Crippen molar-refractivity contribution in [1.82, 2.24) is 10.6 Å². The molecule has 0 saturated heterocycles. The van der Waals surface area contributed by atoms with Crippen molar-refractivity contribution in [3.8, 4) is 0 Å². The number of amides is 1. The van der Waals surface area contributed by atoms with Crippen LogP contribution in [0.15, 0.2) is 24.3 Å². The summed E-state index contributed by atoms with van der Waals surface area (Å²) in [7, 11) is 0. The molecule has 0 heterocycles. The molecule has 0 aliphatic heterocycles. The topological polar surface area (TPSA) is 41.1 Å². The monoisotopic (exact) mass is 292 g/mol. The van der Waals surface area contributed by atoms with Gasteiger partial charge in [0.2, 0.25) is 5.91 Å². The maximum absolute atomic E-state index is 12.9. The Balaban J connectivity index is 1.77. The summed E-state index contributed by atoms with van der Waals surface area (Å²) in [6, 6.07) is 6.90. The van der Waals surface area contributed by atoms with E-state index in [1.807, 2.05) is 39.8 Å². The molecule has 1 amide bonds. The van der Waals surface area contributed by atoms with E-state index in [0.29, 0.717) is 12.0 Å². The van der Waals surface area contributed by atoms with Gasteiger partial charge in [-0.1, -0.05) is 12.1 Å². The number of rotatable bonds is 4. The fourth-order valence-corrected chi connectivity index (χ4v) is 2.67. The SMILES string of the molecule is CC(NC1CC(c2ccc(F)cc2)C1)C(=O)NC(C)(C)C. The van der Waals surface area contributed by atoms with Crippen molar-refractivity contribution < 1.29 is 9.18 Å². The summed E-state index contributed by atoms with van der Waals surface area (Å²) >= 11 is 0. The normalized spacial score (nSPS) is 23.3. The number of carbonyl (C=O) groups excluding carboxylic acids is 1. The molecule has 4 heteroatoms. The van der Waals surface area contributed by atoms with Crippen molar-refractivity contribution in [2.45, 2.75) is 64.1 Å². The summed E-state index contributed by atoms with van der Waals surface area (Å²) < 4.78 is 12.9. The van der Waals surface area contributed by atoms with Crippen molar-refractivity contribution >= 4 is 5.91 Å². The van der Waals surface area contributed by atoms with E-state index >= 15 is 0 Å². The fraction of sp³-hybridized carbons (Fsp3) is 0.588. The first-order chi connectivity index (χ1) is 9.74. The molecule has 0 bridgehead atoms. The van der Waals surface area contributed by atoms with E-state index in [1.165, 1.54) is 17.7 Å². The Morgan fingerprint density at radius 2 is 1.81 bits per heavy atom. The summed E-state index contributed by atoms with van der Waals surface area (Å²) in [5, 5.41) is 6.34. The van der Waals surface area contributed by atoms with E-state index in [-0.39, 0.29) is 23.3 Å². The zero-order chi connectivity index (χ0) is 15.6. The van der Waals surface area contributed by atoms with Gasteiger partial charge in [0, 0.05) is 11.6 Å². The Morgan fingerprint density at radius 3 is 2.33 bits per heavy atom. The quantitative estimate of drug-likeness (QED) is 0.896. The van der Waals surface area contributed by atoms with Gasteiger partial charge in [0.1, 0.15) is 5.82 Å². The van der Waals surface area contributed by atoms with E-state index in [0.717, 1.165) is 12.8 Å². The van der Waals surface area contributed by atoms with Crippen LogP contribution in [0.1, 0.15) is 52.0 Å². The van der Waals surface area contributed by atoms with Gasteiger partial charge in [-0.05, 0) is 64.2 Å². The van der Waals surface area contributed by atoms with Gasteiger partial charge >= 0.3 is 0 Å². The predicted molar refractivity (Wildman–Crippen MR) is 82.7 cm³/mol. The number of halogens is 1. The highest BCUT2D eigenvalue weighted by Crippen LogP contribution is 2.37. The molecule has 1 aliphatic carbocycles. The van der Waals surface area contributed by atoms with Crippen LogP contribution in [-0.4, -0.2) is 23.5 Å². The highest BCUT2D eigenvalue weighted by Gasteiger charge is 2.32. The maximum atomic E-state index is 12.9. The number of hydrogen-bond acceptors (Lipinski definition) is 2. The van der Waals surface area contributed by atoms with Crippen LogP contribution in [0.2, 0.25) is 0 Å². The summed E-state index contributed by atoms with van der Waals surface area (Å²) in [5.74, 6) is 0.314. The van der Waals surface area contributed by atoms with Crippen LogP contribution < -0.4 is 10.6 Å². The molecule has 1 atom stereocenters. The first-order valence-electron chi connectivity index (χ1n) is 7.58. The van der Waals surface area contributed by atoms with Gasteiger partial charge in [-0.15, -0.1) is 0 Å². The van der Waals surface area contributed by atoms with E-state index in [4.69, 9.17) is 0 Å². The molecule has 0 spiro atoms. The lowest BCUT2D eigenvalue weighted by Gasteiger charge is -2.38. The van der Waals surface area contributed by atoms with E-state index in [9.17, 15) is 9.18 Å². The molecule has 2 N–H and O–H groups in total. The highest BCUT2D eigenvalue weighted by molar-refractivity contribution is 5.81. The summed E-state index contributed by atoms with van der Waals surface area (Å²) in [6.45, 7) is 7.83. The minimum absolute atomic E-state index is 0.0349. The zero-order valence-corrected chi connectivity index (χ0v) is 13.2. The lowest BCUT2D eigenvalue weighted by molar-refractivity contribution is -0.124. The van der Waals surface area contributed by atoms with Crippen LogP contribution in [0.3, 0.4) is 0 Å². The van der Waals surface area contributed by atoms with Gasteiger partial charge in [0.25, 0.3) is 0 Å². The first-order valence-corrected chi connectivity index (χ1v) is 7.58. The molecular formula is C17H25FN2O. The molecule has 1 aromatic carbocycles. The minimum Gasteiger partial charge on any atom is -0.350 e. The Morgan fingerprint density at radius 1 is 1.24 bits per heavy atom. The van der Waals surface area contributed by atoms with E-state index in [1.54, 1.807) is 0 Å². The Hall–Kier alpha value is -1.42. The van der Waals surface area contributed by atoms with Gasteiger partial charge in [-0.3, -0.25) is 4.79 Å². The van der Waals surface area contributed by atoms with Crippen molar-refractivity contribution in [2.75, 3.05) is 0 Å². The second kappa shape index (κ2) is 6.14. The lowest BCUT2D eigenvalue weighted by atomic mass is 9.75.